The highest BCUT2D eigenvalue weighted by molar-refractivity contribution is 7.92. The Hall–Kier alpha value is -2.88. The molecule has 1 amide bonds. The largest absolute Gasteiger partial charge is 0.497 e. The molecule has 10 heteroatoms. The Morgan fingerprint density at radius 3 is 2.26 bits per heavy atom. The van der Waals surface area contributed by atoms with Crippen molar-refractivity contribution in [1.82, 2.24) is 0 Å². The number of nitrogens with one attached hydrogen (secondary N) is 1. The number of carbonyl (C=O) groups excluding carboxylic acids is 1. The second kappa shape index (κ2) is 8.21. The molecule has 0 saturated heterocycles. The van der Waals surface area contributed by atoms with Crippen molar-refractivity contribution < 1.29 is 31.5 Å². The van der Waals surface area contributed by atoms with Crippen LogP contribution < -0.4 is 19.1 Å². The van der Waals surface area contributed by atoms with Gasteiger partial charge in [0.05, 0.1) is 26.2 Å². The highest BCUT2D eigenvalue weighted by Gasteiger charge is 2.25. The van der Waals surface area contributed by atoms with Gasteiger partial charge in [-0.15, -0.1) is 0 Å². The third-order valence-electron chi connectivity index (χ3n) is 3.57. The number of para-hydroxylation sites is 1. The zero-order valence-electron chi connectivity index (χ0n) is 14.8. The molecule has 0 unspecified atom stereocenters. The lowest BCUT2D eigenvalue weighted by molar-refractivity contribution is -0.114. The Bertz CT molecular complexity index is 930. The number of rotatable bonds is 7. The maximum Gasteiger partial charge on any atom is 0.245 e. The van der Waals surface area contributed by atoms with Gasteiger partial charge in [0.2, 0.25) is 15.9 Å². The zero-order valence-corrected chi connectivity index (χ0v) is 15.6. The summed E-state index contributed by atoms with van der Waals surface area (Å²) in [7, 11) is -1.16. The van der Waals surface area contributed by atoms with Crippen molar-refractivity contribution in [2.45, 2.75) is 0 Å². The van der Waals surface area contributed by atoms with E-state index in [9.17, 15) is 22.0 Å². The van der Waals surface area contributed by atoms with Crippen LogP contribution in [0.2, 0.25) is 0 Å². The third-order valence-corrected chi connectivity index (χ3v) is 4.70. The van der Waals surface area contributed by atoms with Crippen molar-refractivity contribution >= 4 is 27.3 Å². The molecular formula is C17H18F2N2O5S. The number of benzene rings is 2. The summed E-state index contributed by atoms with van der Waals surface area (Å²) in [6, 6.07) is 7.42. The fourth-order valence-electron chi connectivity index (χ4n) is 2.30. The predicted octanol–water partition coefficient (Wildman–Crippen LogP) is 2.39. The van der Waals surface area contributed by atoms with Crippen LogP contribution in [0, 0.1) is 11.6 Å². The molecule has 0 bridgehead atoms. The molecule has 0 fully saturated rings. The number of sulfonamides is 1. The molecule has 1 N–H and O–H groups in total. The van der Waals surface area contributed by atoms with Crippen LogP contribution in [-0.4, -0.2) is 41.3 Å². The van der Waals surface area contributed by atoms with Gasteiger partial charge in [0, 0.05) is 6.07 Å². The van der Waals surface area contributed by atoms with E-state index >= 15 is 0 Å². The number of amides is 1. The molecule has 0 atom stereocenters. The number of halogens is 2. The molecule has 7 nitrogen and oxygen atoms in total. The van der Waals surface area contributed by atoms with Crippen molar-refractivity contribution in [2.75, 3.05) is 36.6 Å². The zero-order chi connectivity index (χ0) is 20.2. The van der Waals surface area contributed by atoms with Gasteiger partial charge in [-0.3, -0.25) is 9.10 Å². The molecule has 0 spiro atoms. The SMILES string of the molecule is COc1ccc(N(CC(=O)Nc2c(F)cccc2F)S(C)(=O)=O)c(OC)c1. The highest BCUT2D eigenvalue weighted by Crippen LogP contribution is 2.33. The van der Waals surface area contributed by atoms with Crippen molar-refractivity contribution in [2.24, 2.45) is 0 Å². The third kappa shape index (κ3) is 4.85. The maximum atomic E-state index is 13.7. The summed E-state index contributed by atoms with van der Waals surface area (Å²) in [6.07, 6.45) is 0.896. The molecule has 0 saturated carbocycles. The van der Waals surface area contributed by atoms with Crippen molar-refractivity contribution in [3.63, 3.8) is 0 Å². The van der Waals surface area contributed by atoms with Gasteiger partial charge in [-0.25, -0.2) is 17.2 Å². The fraction of sp³-hybridized carbons (Fsp3) is 0.235. The van der Waals surface area contributed by atoms with Gasteiger partial charge in [-0.2, -0.15) is 0 Å². The van der Waals surface area contributed by atoms with E-state index in [1.807, 2.05) is 0 Å². The standard InChI is InChI=1S/C17H18F2N2O5S/c1-25-11-7-8-14(15(9-11)26-2)21(27(3,23)24)10-16(22)20-17-12(18)5-4-6-13(17)19/h4-9H,10H2,1-3H3,(H,20,22). The van der Waals surface area contributed by atoms with E-state index in [2.05, 4.69) is 5.32 Å². The molecule has 0 aliphatic carbocycles. The number of nitrogens with zero attached hydrogens (tertiary/aromatic N) is 1. The van der Waals surface area contributed by atoms with E-state index in [0.29, 0.717) is 5.75 Å². The Morgan fingerprint density at radius 1 is 1.11 bits per heavy atom. The van der Waals surface area contributed by atoms with Crippen LogP contribution in [-0.2, 0) is 14.8 Å². The first kappa shape index (κ1) is 20.4. The number of hydrogen-bond donors (Lipinski definition) is 1. The van der Waals surface area contributed by atoms with E-state index in [4.69, 9.17) is 9.47 Å². The van der Waals surface area contributed by atoms with Crippen molar-refractivity contribution in [1.29, 1.82) is 0 Å². The van der Waals surface area contributed by atoms with Crippen LogP contribution >= 0.6 is 0 Å². The lowest BCUT2D eigenvalue weighted by atomic mass is 10.2. The summed E-state index contributed by atoms with van der Waals surface area (Å²) in [5.74, 6) is -2.32. The first-order valence-electron chi connectivity index (χ1n) is 7.61. The monoisotopic (exact) mass is 400 g/mol. The molecule has 146 valence electrons. The average Bonchev–Trinajstić information content (AvgIpc) is 2.61. The molecule has 2 aromatic rings. The van der Waals surface area contributed by atoms with Crippen LogP contribution in [0.4, 0.5) is 20.2 Å². The summed E-state index contributed by atoms with van der Waals surface area (Å²) in [5, 5.41) is 2.05. The quantitative estimate of drug-likeness (QED) is 0.772. The number of hydrogen-bond acceptors (Lipinski definition) is 5. The van der Waals surface area contributed by atoms with Gasteiger partial charge in [-0.1, -0.05) is 6.07 Å². The summed E-state index contributed by atoms with van der Waals surface area (Å²) in [4.78, 5) is 12.3. The molecule has 0 aliphatic heterocycles. The Labute approximate surface area is 155 Å². The van der Waals surface area contributed by atoms with Crippen molar-refractivity contribution in [3.05, 3.63) is 48.0 Å². The van der Waals surface area contributed by atoms with Crippen molar-refractivity contribution in [3.8, 4) is 11.5 Å². The topological polar surface area (TPSA) is 84.9 Å². The lowest BCUT2D eigenvalue weighted by Crippen LogP contribution is -2.38. The molecule has 0 aliphatic rings. The van der Waals surface area contributed by atoms with Crippen LogP contribution in [0.3, 0.4) is 0 Å². The molecular weight excluding hydrogens is 382 g/mol. The van der Waals surface area contributed by atoms with Gasteiger partial charge in [0.15, 0.2) is 0 Å². The Kier molecular flexibility index (Phi) is 6.21. The second-order valence-corrected chi connectivity index (χ2v) is 7.36. The lowest BCUT2D eigenvalue weighted by Gasteiger charge is -2.24. The predicted molar refractivity (Wildman–Crippen MR) is 96.7 cm³/mol. The van der Waals surface area contributed by atoms with E-state index in [1.54, 1.807) is 0 Å². The molecule has 0 heterocycles. The minimum atomic E-state index is -3.91. The number of methoxy groups -OCH3 is 2. The first-order valence-corrected chi connectivity index (χ1v) is 9.45. The Balaban J connectivity index is 2.35. The van der Waals surface area contributed by atoms with Crippen LogP contribution in [0.15, 0.2) is 36.4 Å². The molecule has 2 rings (SSSR count). The first-order chi connectivity index (χ1) is 12.7. The summed E-state index contributed by atoms with van der Waals surface area (Å²) in [5.41, 5.74) is -0.581. The van der Waals surface area contributed by atoms with Crippen LogP contribution in [0.1, 0.15) is 0 Å². The van der Waals surface area contributed by atoms with Gasteiger partial charge in [-0.05, 0) is 24.3 Å². The molecule has 27 heavy (non-hydrogen) atoms. The van der Waals surface area contributed by atoms with E-state index in [1.165, 1.54) is 32.4 Å². The van der Waals surface area contributed by atoms with Gasteiger partial charge in [0.1, 0.15) is 35.4 Å². The fourth-order valence-corrected chi connectivity index (χ4v) is 3.16. The highest BCUT2D eigenvalue weighted by atomic mass is 32.2. The van der Waals surface area contributed by atoms with Gasteiger partial charge in [0.25, 0.3) is 0 Å². The van der Waals surface area contributed by atoms with Crippen LogP contribution in [0.5, 0.6) is 11.5 Å². The summed E-state index contributed by atoms with van der Waals surface area (Å²) < 4.78 is 62.7. The average molecular weight is 400 g/mol. The normalized spacial score (nSPS) is 11.0. The smallest absolute Gasteiger partial charge is 0.245 e. The maximum absolute atomic E-state index is 13.7. The Morgan fingerprint density at radius 2 is 1.74 bits per heavy atom. The van der Waals surface area contributed by atoms with Gasteiger partial charge >= 0.3 is 0 Å². The summed E-state index contributed by atoms with van der Waals surface area (Å²) >= 11 is 0. The minimum Gasteiger partial charge on any atom is -0.497 e. The van der Waals surface area contributed by atoms with E-state index in [0.717, 1.165) is 28.8 Å². The summed E-state index contributed by atoms with van der Waals surface area (Å²) in [6.45, 7) is -0.713. The van der Waals surface area contributed by atoms with Crippen LogP contribution in [0.25, 0.3) is 0 Å². The second-order valence-electron chi connectivity index (χ2n) is 5.45. The molecule has 0 radical (unpaired) electrons. The molecule has 0 aromatic heterocycles. The van der Waals surface area contributed by atoms with Gasteiger partial charge < -0.3 is 14.8 Å². The molecule has 2 aromatic carbocycles. The number of carbonyl (C=O) groups is 1. The minimum absolute atomic E-state index is 0.0740. The number of ether oxygens (including phenoxy) is 2. The van der Waals surface area contributed by atoms with E-state index in [-0.39, 0.29) is 11.4 Å². The van der Waals surface area contributed by atoms with E-state index < -0.39 is 39.8 Å². The number of anilines is 2.